The Morgan fingerprint density at radius 3 is 2.33 bits per heavy atom. The van der Waals surface area contributed by atoms with Crippen LogP contribution >= 0.6 is 0 Å². The molecule has 0 aliphatic heterocycles. The quantitative estimate of drug-likeness (QED) is 0.429. The fourth-order valence-electron chi connectivity index (χ4n) is 1.43. The number of nitro benzene ring substituents is 1. The normalized spacial score (nSPS) is 11.4. The molecule has 1 aromatic rings. The molecule has 0 atom stereocenters. The molecule has 0 aliphatic rings. The van der Waals surface area contributed by atoms with Crippen molar-refractivity contribution in [3.05, 3.63) is 34.4 Å². The van der Waals surface area contributed by atoms with Crippen LogP contribution in [0.2, 0.25) is 0 Å². The van der Waals surface area contributed by atoms with E-state index in [9.17, 15) is 18.5 Å². The van der Waals surface area contributed by atoms with Gasteiger partial charge in [0.25, 0.3) is 5.69 Å². The zero-order valence-electron chi connectivity index (χ0n) is 10.0. The van der Waals surface area contributed by atoms with Crippen LogP contribution in [0.25, 0.3) is 0 Å². The zero-order chi connectivity index (χ0) is 13.6. The van der Waals surface area contributed by atoms with E-state index in [0.717, 1.165) is 0 Å². The first-order valence-corrected chi connectivity index (χ1v) is 7.09. The molecule has 100 valence electrons. The summed E-state index contributed by atoms with van der Waals surface area (Å²) in [4.78, 5) is 10.0. The number of benzene rings is 1. The van der Waals surface area contributed by atoms with Gasteiger partial charge in [-0.05, 0) is 25.0 Å². The summed E-state index contributed by atoms with van der Waals surface area (Å²) in [5.41, 5.74) is -0.117. The van der Waals surface area contributed by atoms with Crippen molar-refractivity contribution in [3.8, 4) is 0 Å². The molecule has 0 fully saturated rings. The number of hydrogen-bond acceptors (Lipinski definition) is 5. The molecule has 0 aromatic heterocycles. The summed E-state index contributed by atoms with van der Waals surface area (Å²) in [5, 5.41) is 10.4. The molecule has 18 heavy (non-hydrogen) atoms. The maximum Gasteiger partial charge on any atom is 0.269 e. The lowest BCUT2D eigenvalue weighted by Crippen LogP contribution is -2.07. The second-order valence-corrected chi connectivity index (χ2v) is 5.88. The van der Waals surface area contributed by atoms with Crippen LogP contribution in [0, 0.1) is 10.1 Å². The number of methoxy groups -OCH3 is 1. The van der Waals surface area contributed by atoms with Crippen LogP contribution < -0.4 is 0 Å². The Balaban J connectivity index is 2.70. The predicted molar refractivity (Wildman–Crippen MR) is 66.3 cm³/mol. The Morgan fingerprint density at radius 2 is 1.83 bits per heavy atom. The van der Waals surface area contributed by atoms with Crippen LogP contribution in [-0.4, -0.2) is 32.8 Å². The van der Waals surface area contributed by atoms with E-state index in [4.69, 9.17) is 4.74 Å². The van der Waals surface area contributed by atoms with Crippen molar-refractivity contribution in [3.63, 3.8) is 0 Å². The molecule has 0 radical (unpaired) electrons. The number of nitro groups is 1. The average Bonchev–Trinajstić information content (AvgIpc) is 2.35. The zero-order valence-corrected chi connectivity index (χ0v) is 10.9. The summed E-state index contributed by atoms with van der Waals surface area (Å²) in [6.07, 6.45) is 1.18. The van der Waals surface area contributed by atoms with Gasteiger partial charge < -0.3 is 4.74 Å². The fourth-order valence-corrected chi connectivity index (χ4v) is 2.80. The Morgan fingerprint density at radius 1 is 1.22 bits per heavy atom. The number of ether oxygens (including phenoxy) is 1. The van der Waals surface area contributed by atoms with Crippen LogP contribution in [0.4, 0.5) is 5.69 Å². The summed E-state index contributed by atoms with van der Waals surface area (Å²) in [6.45, 7) is 0.524. The van der Waals surface area contributed by atoms with Gasteiger partial charge in [-0.15, -0.1) is 0 Å². The van der Waals surface area contributed by atoms with Crippen molar-refractivity contribution in [2.24, 2.45) is 0 Å². The summed E-state index contributed by atoms with van der Waals surface area (Å²) >= 11 is 0. The molecule has 6 nitrogen and oxygen atoms in total. The lowest BCUT2D eigenvalue weighted by Gasteiger charge is -2.04. The highest BCUT2D eigenvalue weighted by Crippen LogP contribution is 2.17. The van der Waals surface area contributed by atoms with Crippen LogP contribution in [0.5, 0.6) is 0 Å². The highest BCUT2D eigenvalue weighted by atomic mass is 32.2. The molecule has 0 unspecified atom stereocenters. The highest BCUT2D eigenvalue weighted by Gasteiger charge is 2.15. The largest absolute Gasteiger partial charge is 0.385 e. The van der Waals surface area contributed by atoms with E-state index in [-0.39, 0.29) is 16.3 Å². The SMILES string of the molecule is COCCCCS(=O)(=O)c1ccc([N+](=O)[O-])cc1. The topological polar surface area (TPSA) is 86.5 Å². The second kappa shape index (κ2) is 6.46. The molecule has 7 heteroatoms. The Labute approximate surface area is 106 Å². The summed E-state index contributed by atoms with van der Waals surface area (Å²) in [5.74, 6) is 0.0220. The minimum absolute atomic E-state index is 0.0220. The van der Waals surface area contributed by atoms with Crippen LogP contribution in [0.1, 0.15) is 12.8 Å². The molecule has 0 saturated carbocycles. The van der Waals surface area contributed by atoms with Gasteiger partial charge in [0.1, 0.15) is 0 Å². The molecule has 0 aliphatic carbocycles. The van der Waals surface area contributed by atoms with Gasteiger partial charge in [0.15, 0.2) is 9.84 Å². The predicted octanol–water partition coefficient (Wildman–Crippen LogP) is 1.80. The Bertz CT molecular complexity index is 495. The van der Waals surface area contributed by atoms with E-state index in [1.807, 2.05) is 0 Å². The maximum absolute atomic E-state index is 11.9. The van der Waals surface area contributed by atoms with E-state index in [1.54, 1.807) is 7.11 Å². The molecular formula is C11H15NO5S. The van der Waals surface area contributed by atoms with Crippen LogP contribution in [-0.2, 0) is 14.6 Å². The minimum atomic E-state index is -3.36. The van der Waals surface area contributed by atoms with E-state index in [2.05, 4.69) is 0 Å². The molecule has 1 rings (SSSR count). The smallest absolute Gasteiger partial charge is 0.269 e. The first kappa shape index (κ1) is 14.6. The van der Waals surface area contributed by atoms with Gasteiger partial charge in [0.05, 0.1) is 15.6 Å². The lowest BCUT2D eigenvalue weighted by molar-refractivity contribution is -0.384. The maximum atomic E-state index is 11.9. The van der Waals surface area contributed by atoms with Gasteiger partial charge in [0.2, 0.25) is 0 Å². The van der Waals surface area contributed by atoms with Gasteiger partial charge in [0, 0.05) is 25.8 Å². The van der Waals surface area contributed by atoms with Crippen molar-refractivity contribution < 1.29 is 18.1 Å². The molecule has 0 heterocycles. The number of hydrogen-bond donors (Lipinski definition) is 0. The van der Waals surface area contributed by atoms with Crippen molar-refractivity contribution in [1.82, 2.24) is 0 Å². The molecule has 0 bridgehead atoms. The standard InChI is InChI=1S/C11H15NO5S/c1-17-8-2-3-9-18(15,16)11-6-4-10(5-7-11)12(13)14/h4-7H,2-3,8-9H2,1H3. The van der Waals surface area contributed by atoms with E-state index >= 15 is 0 Å². The van der Waals surface area contributed by atoms with Gasteiger partial charge in [-0.25, -0.2) is 8.42 Å². The van der Waals surface area contributed by atoms with Crippen LogP contribution in [0.15, 0.2) is 29.2 Å². The number of rotatable bonds is 7. The minimum Gasteiger partial charge on any atom is -0.385 e. The van der Waals surface area contributed by atoms with E-state index in [0.29, 0.717) is 19.4 Å². The second-order valence-electron chi connectivity index (χ2n) is 3.77. The highest BCUT2D eigenvalue weighted by molar-refractivity contribution is 7.91. The molecule has 1 aromatic carbocycles. The average molecular weight is 273 g/mol. The number of unbranched alkanes of at least 4 members (excludes halogenated alkanes) is 1. The van der Waals surface area contributed by atoms with Gasteiger partial charge in [-0.3, -0.25) is 10.1 Å². The van der Waals surface area contributed by atoms with E-state index < -0.39 is 14.8 Å². The summed E-state index contributed by atoms with van der Waals surface area (Å²) < 4.78 is 28.6. The Kier molecular flexibility index (Phi) is 5.24. The third-order valence-corrected chi connectivity index (χ3v) is 4.23. The van der Waals surface area contributed by atoms with Crippen molar-refractivity contribution in [2.45, 2.75) is 17.7 Å². The first-order chi connectivity index (χ1) is 8.47. The van der Waals surface area contributed by atoms with E-state index in [1.165, 1.54) is 24.3 Å². The summed E-state index contributed by atoms with van der Waals surface area (Å²) in [6, 6.07) is 4.93. The molecule has 0 amide bonds. The van der Waals surface area contributed by atoms with Gasteiger partial charge in [-0.2, -0.15) is 0 Å². The molecule has 0 N–H and O–H groups in total. The lowest BCUT2D eigenvalue weighted by atomic mass is 10.3. The summed E-state index contributed by atoms with van der Waals surface area (Å²) in [7, 11) is -1.80. The third-order valence-electron chi connectivity index (χ3n) is 2.42. The number of sulfone groups is 1. The van der Waals surface area contributed by atoms with Gasteiger partial charge >= 0.3 is 0 Å². The third kappa shape index (κ3) is 4.08. The number of non-ortho nitro benzene ring substituents is 1. The monoisotopic (exact) mass is 273 g/mol. The number of nitrogens with zero attached hydrogens (tertiary/aromatic N) is 1. The molecular weight excluding hydrogens is 258 g/mol. The van der Waals surface area contributed by atoms with Crippen LogP contribution in [0.3, 0.4) is 0 Å². The van der Waals surface area contributed by atoms with Crippen molar-refractivity contribution in [1.29, 1.82) is 0 Å². The fraction of sp³-hybridized carbons (Fsp3) is 0.455. The van der Waals surface area contributed by atoms with Crippen molar-refractivity contribution in [2.75, 3.05) is 19.5 Å². The first-order valence-electron chi connectivity index (χ1n) is 5.43. The molecule has 0 saturated heterocycles. The molecule has 0 spiro atoms. The van der Waals surface area contributed by atoms with Gasteiger partial charge in [-0.1, -0.05) is 0 Å². The van der Waals surface area contributed by atoms with Crippen molar-refractivity contribution >= 4 is 15.5 Å². The Hall–Kier alpha value is -1.47.